The fourth-order valence-electron chi connectivity index (χ4n) is 3.01. The molecule has 0 aromatic rings. The van der Waals surface area contributed by atoms with Crippen molar-refractivity contribution in [2.75, 3.05) is 157 Å². The van der Waals surface area contributed by atoms with Gasteiger partial charge in [0, 0.05) is 18.4 Å². The summed E-state index contributed by atoms with van der Waals surface area (Å²) in [6, 6.07) is 0. The molecule has 0 aliphatic rings. The fourth-order valence-corrected chi connectivity index (χ4v) is 3.31. The minimum atomic E-state index is 0.499. The zero-order valence-electron chi connectivity index (χ0n) is 25.0. The molecule has 0 unspecified atom stereocenters. The summed E-state index contributed by atoms with van der Waals surface area (Å²) in [6.07, 6.45) is 4.50. The molecule has 0 aromatic carbocycles. The minimum Gasteiger partial charge on any atom is -0.379 e. The van der Waals surface area contributed by atoms with Gasteiger partial charge < -0.3 is 52.1 Å². The Balaban J connectivity index is 3.02. The van der Waals surface area contributed by atoms with Crippen LogP contribution in [0.1, 0.15) is 25.7 Å². The van der Waals surface area contributed by atoms with Gasteiger partial charge in [0.25, 0.3) is 0 Å². The van der Waals surface area contributed by atoms with Crippen molar-refractivity contribution in [3.8, 4) is 0 Å². The summed E-state index contributed by atoms with van der Waals surface area (Å²) in [6.45, 7) is 12.1. The lowest BCUT2D eigenvalue weighted by atomic mass is 10.2. The normalized spacial score (nSPS) is 11.6. The molecule has 0 bridgehead atoms. The number of halogens is 2. The van der Waals surface area contributed by atoms with E-state index >= 15 is 0 Å². The third-order valence-electron chi connectivity index (χ3n) is 5.11. The number of hydrogen-bond donors (Lipinski definition) is 0. The molecule has 0 saturated heterocycles. The third kappa shape index (κ3) is 40.1. The molecule has 0 aliphatic carbocycles. The van der Waals surface area contributed by atoms with Crippen LogP contribution in [0.25, 0.3) is 0 Å². The number of alkyl halides is 2. The van der Waals surface area contributed by atoms with Crippen molar-refractivity contribution in [3.05, 3.63) is 0 Å². The Hall–Kier alpha value is 0.140. The van der Waals surface area contributed by atoms with E-state index in [-0.39, 0.29) is 0 Å². The first-order valence-electron chi connectivity index (χ1n) is 14.9. The highest BCUT2D eigenvalue weighted by Crippen LogP contribution is 2.01. The van der Waals surface area contributed by atoms with Gasteiger partial charge >= 0.3 is 0 Å². The van der Waals surface area contributed by atoms with Crippen molar-refractivity contribution in [1.29, 1.82) is 0 Å². The summed E-state index contributed by atoms with van der Waals surface area (Å²) in [5.41, 5.74) is 0. The summed E-state index contributed by atoms with van der Waals surface area (Å²) in [5.74, 6) is 1.24. The predicted octanol–water partition coefficient (Wildman–Crippen LogP) is 3.21. The van der Waals surface area contributed by atoms with Gasteiger partial charge in [-0.25, -0.2) is 0 Å². The van der Waals surface area contributed by atoms with Crippen LogP contribution in [-0.2, 0) is 52.1 Å². The molecule has 0 atom stereocenters. The fraction of sp³-hybridized carbons (Fsp3) is 1.00. The first kappa shape index (κ1) is 41.1. The standard InChI is InChI=1S/C28H56Cl2O11/c29-5-3-1-2-4-7-31-9-11-33-13-15-35-17-19-37-21-23-39-25-27-41-28-26-40-24-22-38-20-18-36-16-14-34-12-10-32-8-6-30/h1-28H2. The maximum atomic E-state index is 5.65. The molecule has 0 N–H and O–H groups in total. The van der Waals surface area contributed by atoms with Gasteiger partial charge in [0.1, 0.15) is 0 Å². The highest BCUT2D eigenvalue weighted by Gasteiger charge is 1.96. The molecule has 0 spiro atoms. The topological polar surface area (TPSA) is 102 Å². The van der Waals surface area contributed by atoms with Crippen LogP contribution in [0.5, 0.6) is 0 Å². The van der Waals surface area contributed by atoms with Gasteiger partial charge in [-0.2, -0.15) is 0 Å². The number of hydrogen-bond acceptors (Lipinski definition) is 11. The van der Waals surface area contributed by atoms with E-state index in [9.17, 15) is 0 Å². The van der Waals surface area contributed by atoms with E-state index in [1.54, 1.807) is 0 Å². The lowest BCUT2D eigenvalue weighted by Gasteiger charge is -2.09. The number of ether oxygens (including phenoxy) is 11. The summed E-state index contributed by atoms with van der Waals surface area (Å²) < 4.78 is 59.8. The summed E-state index contributed by atoms with van der Waals surface area (Å²) >= 11 is 11.2. The molecule has 0 fully saturated rings. The molecule has 0 aromatic heterocycles. The quantitative estimate of drug-likeness (QED) is 0.0736. The van der Waals surface area contributed by atoms with Crippen LogP contribution in [0.15, 0.2) is 0 Å². The zero-order chi connectivity index (χ0) is 29.6. The molecule has 0 saturated carbocycles. The van der Waals surface area contributed by atoms with Crippen LogP contribution < -0.4 is 0 Å². The average molecular weight is 640 g/mol. The van der Waals surface area contributed by atoms with E-state index in [1.165, 1.54) is 12.8 Å². The Morgan fingerprint density at radius 3 is 0.659 bits per heavy atom. The Bertz CT molecular complexity index is 419. The molecule has 13 heteroatoms. The van der Waals surface area contributed by atoms with Gasteiger partial charge in [0.05, 0.1) is 139 Å². The summed E-state index contributed by atoms with van der Waals surface area (Å²) in [5, 5.41) is 0. The lowest BCUT2D eigenvalue weighted by Crippen LogP contribution is -2.15. The highest BCUT2D eigenvalue weighted by atomic mass is 35.5. The minimum absolute atomic E-state index is 0.499. The van der Waals surface area contributed by atoms with Crippen LogP contribution in [0, 0.1) is 0 Å². The van der Waals surface area contributed by atoms with Crippen LogP contribution in [0.3, 0.4) is 0 Å². The van der Waals surface area contributed by atoms with Crippen LogP contribution in [0.2, 0.25) is 0 Å². The molecular weight excluding hydrogens is 583 g/mol. The lowest BCUT2D eigenvalue weighted by molar-refractivity contribution is -0.0274. The summed E-state index contributed by atoms with van der Waals surface area (Å²) in [4.78, 5) is 0. The SMILES string of the molecule is ClCCCCCCOCCOCCOCCOCCOCCOCCOCCOCCOCCOCCOCCCl. The van der Waals surface area contributed by atoms with Crippen molar-refractivity contribution in [2.24, 2.45) is 0 Å². The zero-order valence-corrected chi connectivity index (χ0v) is 26.6. The molecule has 0 amide bonds. The second-order valence-electron chi connectivity index (χ2n) is 8.53. The van der Waals surface area contributed by atoms with Gasteiger partial charge in [-0.15, -0.1) is 23.2 Å². The Labute approximate surface area is 257 Å². The molecule has 248 valence electrons. The van der Waals surface area contributed by atoms with E-state index in [0.29, 0.717) is 145 Å². The van der Waals surface area contributed by atoms with Crippen LogP contribution in [0.4, 0.5) is 0 Å². The smallest absolute Gasteiger partial charge is 0.0701 e. The largest absolute Gasteiger partial charge is 0.379 e. The van der Waals surface area contributed by atoms with E-state index in [0.717, 1.165) is 25.3 Å². The van der Waals surface area contributed by atoms with E-state index < -0.39 is 0 Å². The van der Waals surface area contributed by atoms with E-state index in [1.807, 2.05) is 0 Å². The first-order chi connectivity index (χ1) is 20.4. The summed E-state index contributed by atoms with van der Waals surface area (Å²) in [7, 11) is 0. The van der Waals surface area contributed by atoms with Gasteiger partial charge in [-0.1, -0.05) is 12.8 Å². The predicted molar refractivity (Wildman–Crippen MR) is 159 cm³/mol. The van der Waals surface area contributed by atoms with Crippen molar-refractivity contribution >= 4 is 23.2 Å². The van der Waals surface area contributed by atoms with Crippen molar-refractivity contribution in [1.82, 2.24) is 0 Å². The Kier molecular flexibility index (Phi) is 40.3. The maximum Gasteiger partial charge on any atom is 0.0701 e. The molecule has 0 rings (SSSR count). The molecule has 41 heavy (non-hydrogen) atoms. The van der Waals surface area contributed by atoms with Gasteiger partial charge in [-0.3, -0.25) is 0 Å². The maximum absolute atomic E-state index is 5.65. The van der Waals surface area contributed by atoms with Crippen molar-refractivity contribution < 1.29 is 52.1 Å². The van der Waals surface area contributed by atoms with Crippen molar-refractivity contribution in [3.63, 3.8) is 0 Å². The van der Waals surface area contributed by atoms with Crippen LogP contribution in [-0.4, -0.2) is 157 Å². The van der Waals surface area contributed by atoms with E-state index in [4.69, 9.17) is 75.3 Å². The molecule has 0 aliphatic heterocycles. The van der Waals surface area contributed by atoms with Crippen LogP contribution >= 0.6 is 23.2 Å². The second kappa shape index (κ2) is 40.1. The van der Waals surface area contributed by atoms with Gasteiger partial charge in [0.15, 0.2) is 0 Å². The Morgan fingerprint density at radius 1 is 0.195 bits per heavy atom. The highest BCUT2D eigenvalue weighted by molar-refractivity contribution is 6.18. The van der Waals surface area contributed by atoms with E-state index in [2.05, 4.69) is 0 Å². The first-order valence-corrected chi connectivity index (χ1v) is 16.0. The van der Waals surface area contributed by atoms with Gasteiger partial charge in [-0.05, 0) is 12.8 Å². The molecular formula is C28H56Cl2O11. The third-order valence-corrected chi connectivity index (χ3v) is 5.54. The molecule has 0 radical (unpaired) electrons. The number of rotatable bonds is 38. The Morgan fingerprint density at radius 2 is 0.415 bits per heavy atom. The number of unbranched alkanes of at least 4 members (excludes halogenated alkanes) is 3. The van der Waals surface area contributed by atoms with Gasteiger partial charge in [0.2, 0.25) is 0 Å². The monoisotopic (exact) mass is 638 g/mol. The second-order valence-corrected chi connectivity index (χ2v) is 9.28. The average Bonchev–Trinajstić information content (AvgIpc) is 2.98. The molecule has 11 nitrogen and oxygen atoms in total. The molecule has 0 heterocycles. The van der Waals surface area contributed by atoms with Crippen molar-refractivity contribution in [2.45, 2.75) is 25.7 Å².